The molecule has 0 amide bonds. The molecule has 2 aromatic rings. The number of hydrogen-bond donors (Lipinski definition) is 2. The third-order valence-corrected chi connectivity index (χ3v) is 8.56. The van der Waals surface area contributed by atoms with Crippen molar-refractivity contribution in [3.8, 4) is 5.75 Å². The van der Waals surface area contributed by atoms with Crippen LogP contribution < -0.4 is 9.46 Å². The lowest BCUT2D eigenvalue weighted by molar-refractivity contribution is -0.138. The Hall–Kier alpha value is -3.32. The average molecular weight is 536 g/mol. The Morgan fingerprint density at radius 3 is 2.47 bits per heavy atom. The van der Waals surface area contributed by atoms with Gasteiger partial charge in [0.1, 0.15) is 5.75 Å². The van der Waals surface area contributed by atoms with E-state index >= 15 is 0 Å². The maximum Gasteiger partial charge on any atom is 0.303 e. The van der Waals surface area contributed by atoms with E-state index in [4.69, 9.17) is 9.84 Å². The molecule has 2 N–H and O–H groups in total. The lowest BCUT2D eigenvalue weighted by Crippen LogP contribution is -2.17. The Bertz CT molecular complexity index is 1330. The van der Waals surface area contributed by atoms with Gasteiger partial charge >= 0.3 is 5.97 Å². The van der Waals surface area contributed by atoms with E-state index in [1.54, 1.807) is 18.2 Å². The van der Waals surface area contributed by atoms with Crippen LogP contribution in [-0.2, 0) is 20.6 Å². The second-order valence-corrected chi connectivity index (χ2v) is 12.0. The van der Waals surface area contributed by atoms with Crippen molar-refractivity contribution in [1.29, 1.82) is 0 Å². The van der Waals surface area contributed by atoms with Crippen LogP contribution in [0, 0.1) is 5.92 Å². The van der Waals surface area contributed by atoms with Gasteiger partial charge < -0.3 is 9.84 Å². The zero-order valence-corrected chi connectivity index (χ0v) is 23.0. The normalized spacial score (nSPS) is 18.6. The van der Waals surface area contributed by atoms with Crippen molar-refractivity contribution in [2.75, 3.05) is 4.72 Å². The highest BCUT2D eigenvalue weighted by Gasteiger charge is 2.22. The van der Waals surface area contributed by atoms with Crippen LogP contribution in [0.25, 0.3) is 5.57 Å². The number of hydrogen-bond acceptors (Lipinski definition) is 4. The molecule has 0 bridgehead atoms. The summed E-state index contributed by atoms with van der Waals surface area (Å²) >= 11 is 0. The van der Waals surface area contributed by atoms with Crippen LogP contribution in [0.15, 0.2) is 77.9 Å². The summed E-state index contributed by atoms with van der Waals surface area (Å²) in [5.74, 6) is -0.0180. The van der Waals surface area contributed by atoms with Gasteiger partial charge in [0.15, 0.2) is 0 Å². The second-order valence-electron chi connectivity index (χ2n) is 10.3. The van der Waals surface area contributed by atoms with E-state index in [2.05, 4.69) is 23.0 Å². The molecule has 0 spiro atoms. The van der Waals surface area contributed by atoms with Crippen LogP contribution in [-0.4, -0.2) is 25.6 Å². The van der Waals surface area contributed by atoms with Crippen LogP contribution >= 0.6 is 0 Å². The maximum absolute atomic E-state index is 12.9. The monoisotopic (exact) mass is 535 g/mol. The van der Waals surface area contributed by atoms with Crippen molar-refractivity contribution in [3.63, 3.8) is 0 Å². The standard InChI is InChI=1S/C31H37NO5S/c1-3-22(2)37-30-20-28(17-18-29(30)32-38(35,36)21-24-7-5-4-6-8-24)27-15-13-26(14-16-27)25-11-9-23(10-12-25)19-31(33)34/h4-8,13,15-18,20,22-23,32H,3,9-12,14,19,21H2,1-2H3,(H,33,34). The first-order valence-electron chi connectivity index (χ1n) is 13.4. The molecule has 1 fully saturated rings. The van der Waals surface area contributed by atoms with Gasteiger partial charge in [-0.1, -0.05) is 67.1 Å². The van der Waals surface area contributed by atoms with Gasteiger partial charge in [-0.3, -0.25) is 9.52 Å². The molecule has 0 saturated heterocycles. The third-order valence-electron chi connectivity index (χ3n) is 7.32. The number of benzene rings is 2. The Morgan fingerprint density at radius 2 is 1.84 bits per heavy atom. The van der Waals surface area contributed by atoms with Crippen molar-refractivity contribution in [2.24, 2.45) is 5.92 Å². The molecule has 0 heterocycles. The molecule has 202 valence electrons. The van der Waals surface area contributed by atoms with E-state index in [1.807, 2.05) is 44.2 Å². The van der Waals surface area contributed by atoms with E-state index in [1.165, 1.54) is 11.1 Å². The van der Waals surface area contributed by atoms with Gasteiger partial charge in [-0.25, -0.2) is 8.42 Å². The first kappa shape index (κ1) is 27.7. The Morgan fingerprint density at radius 1 is 1.11 bits per heavy atom. The van der Waals surface area contributed by atoms with Crippen molar-refractivity contribution in [2.45, 2.75) is 70.7 Å². The molecule has 0 radical (unpaired) electrons. The maximum atomic E-state index is 12.9. The van der Waals surface area contributed by atoms with Crippen LogP contribution in [0.2, 0.25) is 0 Å². The third kappa shape index (κ3) is 7.60. The van der Waals surface area contributed by atoms with E-state index in [-0.39, 0.29) is 24.2 Å². The van der Waals surface area contributed by atoms with Gasteiger partial charge in [0.2, 0.25) is 10.0 Å². The number of carboxylic acids is 1. The number of anilines is 1. The minimum absolute atomic E-state index is 0.0638. The van der Waals surface area contributed by atoms with Crippen molar-refractivity contribution in [1.82, 2.24) is 0 Å². The van der Waals surface area contributed by atoms with Crippen LogP contribution in [0.1, 0.15) is 69.9 Å². The summed E-state index contributed by atoms with van der Waals surface area (Å²) in [6.07, 6.45) is 12.1. The molecule has 38 heavy (non-hydrogen) atoms. The van der Waals surface area contributed by atoms with Crippen molar-refractivity contribution in [3.05, 3.63) is 89.0 Å². The molecule has 6 nitrogen and oxygen atoms in total. The number of aliphatic carboxylic acids is 1. The van der Waals surface area contributed by atoms with Crippen molar-refractivity contribution < 1.29 is 23.1 Å². The number of nitrogens with one attached hydrogen (secondary N) is 1. The minimum atomic E-state index is -3.62. The fraction of sp³-hybridized carbons (Fsp3) is 0.387. The van der Waals surface area contributed by atoms with Gasteiger partial charge in [0.25, 0.3) is 0 Å². The summed E-state index contributed by atoms with van der Waals surface area (Å²) in [6, 6.07) is 14.7. The Balaban J connectivity index is 1.49. The molecule has 4 rings (SSSR count). The predicted octanol–water partition coefficient (Wildman–Crippen LogP) is 7.11. The average Bonchev–Trinajstić information content (AvgIpc) is 2.90. The molecule has 2 aliphatic carbocycles. The van der Waals surface area contributed by atoms with Gasteiger partial charge in [-0.05, 0) is 85.8 Å². The molecular formula is C31H37NO5S. The Labute approximate surface area is 226 Å². The van der Waals surface area contributed by atoms with E-state index in [0.717, 1.165) is 55.2 Å². The van der Waals surface area contributed by atoms with Crippen LogP contribution in [0.3, 0.4) is 0 Å². The smallest absolute Gasteiger partial charge is 0.303 e. The summed E-state index contributed by atoms with van der Waals surface area (Å²) < 4.78 is 34.7. The van der Waals surface area contributed by atoms with E-state index in [0.29, 0.717) is 11.4 Å². The lowest BCUT2D eigenvalue weighted by Gasteiger charge is -2.25. The fourth-order valence-electron chi connectivity index (χ4n) is 5.00. The minimum Gasteiger partial charge on any atom is -0.489 e. The highest BCUT2D eigenvalue weighted by molar-refractivity contribution is 7.91. The Kier molecular flexibility index (Phi) is 9.10. The first-order valence-corrected chi connectivity index (χ1v) is 15.0. The topological polar surface area (TPSA) is 92.7 Å². The molecular weight excluding hydrogens is 498 g/mol. The number of rotatable bonds is 10. The van der Waals surface area contributed by atoms with Crippen LogP contribution in [0.5, 0.6) is 5.75 Å². The molecule has 1 saturated carbocycles. The number of carboxylic acid groups (broad SMARTS) is 1. The largest absolute Gasteiger partial charge is 0.489 e. The number of allylic oxidation sites excluding steroid dienone is 6. The number of carbonyl (C=O) groups is 1. The highest BCUT2D eigenvalue weighted by Crippen LogP contribution is 2.37. The second kappa shape index (κ2) is 12.5. The molecule has 0 aromatic heterocycles. The van der Waals surface area contributed by atoms with Gasteiger partial charge in [-0.2, -0.15) is 0 Å². The zero-order valence-electron chi connectivity index (χ0n) is 22.2. The highest BCUT2D eigenvalue weighted by atomic mass is 32.2. The van der Waals surface area contributed by atoms with Gasteiger partial charge in [0.05, 0.1) is 17.5 Å². The zero-order chi connectivity index (χ0) is 27.1. The summed E-state index contributed by atoms with van der Waals surface area (Å²) in [4.78, 5) is 11.0. The van der Waals surface area contributed by atoms with E-state index in [9.17, 15) is 13.2 Å². The summed E-state index contributed by atoms with van der Waals surface area (Å²) in [7, 11) is -3.62. The molecule has 2 aromatic carbocycles. The molecule has 7 heteroatoms. The summed E-state index contributed by atoms with van der Waals surface area (Å²) in [5, 5.41) is 9.06. The molecule has 1 unspecified atom stereocenters. The van der Waals surface area contributed by atoms with Crippen LogP contribution in [0.4, 0.5) is 5.69 Å². The molecule has 1 atom stereocenters. The van der Waals surface area contributed by atoms with Crippen molar-refractivity contribution >= 4 is 27.3 Å². The number of sulfonamides is 1. The van der Waals surface area contributed by atoms with Gasteiger partial charge in [-0.15, -0.1) is 0 Å². The number of ether oxygens (including phenoxy) is 1. The quantitative estimate of drug-likeness (QED) is 0.338. The molecule has 0 aliphatic heterocycles. The van der Waals surface area contributed by atoms with Gasteiger partial charge in [0, 0.05) is 6.42 Å². The summed E-state index contributed by atoms with van der Waals surface area (Å²) in [6.45, 7) is 4.00. The predicted molar refractivity (Wildman–Crippen MR) is 152 cm³/mol. The lowest BCUT2D eigenvalue weighted by atomic mass is 9.80. The molecule has 2 aliphatic rings. The first-order chi connectivity index (χ1) is 18.2. The summed E-state index contributed by atoms with van der Waals surface area (Å²) in [5.41, 5.74) is 5.96. The van der Waals surface area contributed by atoms with E-state index < -0.39 is 16.0 Å². The SMILES string of the molecule is CCC(C)Oc1cc(C2=CCC(=C3CCC(CC(=O)O)CC3)C=C2)ccc1NS(=O)(=O)Cc1ccccc1. The fourth-order valence-corrected chi connectivity index (χ4v) is 6.21.